The Balaban J connectivity index is 2.19. The van der Waals surface area contributed by atoms with Crippen LogP contribution in [0.3, 0.4) is 0 Å². The van der Waals surface area contributed by atoms with Gasteiger partial charge in [-0.05, 0) is 38.3 Å². The number of fused-ring (bicyclic) bond motifs is 1. The molecule has 146 valence electrons. The normalized spacial score (nSPS) is 14.6. The van der Waals surface area contributed by atoms with Crippen molar-refractivity contribution in [3.8, 4) is 0 Å². The molecule has 0 unspecified atom stereocenters. The highest BCUT2D eigenvalue weighted by atomic mass is 16.5. The molecule has 27 heavy (non-hydrogen) atoms. The third-order valence-corrected chi connectivity index (χ3v) is 4.61. The van der Waals surface area contributed by atoms with Gasteiger partial charge >= 0.3 is 5.97 Å². The first-order valence-electron chi connectivity index (χ1n) is 9.04. The number of nitrogens with zero attached hydrogens (tertiary/aromatic N) is 2. The van der Waals surface area contributed by atoms with E-state index in [-0.39, 0.29) is 35.4 Å². The molecular formula is C20H26N2O5. The van der Waals surface area contributed by atoms with Crippen LogP contribution in [0.5, 0.6) is 0 Å². The van der Waals surface area contributed by atoms with E-state index < -0.39 is 30.4 Å². The van der Waals surface area contributed by atoms with Gasteiger partial charge in [-0.15, -0.1) is 0 Å². The van der Waals surface area contributed by atoms with Gasteiger partial charge in [-0.25, -0.2) is 4.79 Å². The zero-order valence-corrected chi connectivity index (χ0v) is 16.4. The van der Waals surface area contributed by atoms with Gasteiger partial charge in [0.15, 0.2) is 6.61 Å². The maximum Gasteiger partial charge on any atom is 0.329 e. The second-order valence-electron chi connectivity index (χ2n) is 7.38. The van der Waals surface area contributed by atoms with Crippen LogP contribution in [0.15, 0.2) is 24.3 Å². The highest BCUT2D eigenvalue weighted by molar-refractivity contribution is 6.22. The fourth-order valence-corrected chi connectivity index (χ4v) is 2.86. The summed E-state index contributed by atoms with van der Waals surface area (Å²) in [6, 6.07) is 5.38. The molecular weight excluding hydrogens is 348 g/mol. The second-order valence-corrected chi connectivity index (χ2v) is 7.38. The lowest BCUT2D eigenvalue weighted by molar-refractivity contribution is -0.155. The number of rotatable bonds is 7. The number of hydrogen-bond donors (Lipinski definition) is 0. The van der Waals surface area contributed by atoms with Crippen molar-refractivity contribution in [3.05, 3.63) is 35.4 Å². The molecule has 0 saturated carbocycles. The minimum absolute atomic E-state index is 0.0288. The molecule has 0 spiro atoms. The smallest absolute Gasteiger partial charge is 0.329 e. The van der Waals surface area contributed by atoms with Crippen LogP contribution in [0.25, 0.3) is 0 Å². The molecule has 7 heteroatoms. The first kappa shape index (κ1) is 20.6. The fourth-order valence-electron chi connectivity index (χ4n) is 2.86. The maximum atomic E-state index is 12.7. The van der Waals surface area contributed by atoms with Crippen LogP contribution in [-0.2, 0) is 14.3 Å². The number of amides is 3. The maximum absolute atomic E-state index is 12.7. The lowest BCUT2D eigenvalue weighted by atomic mass is 10.0. The molecule has 0 bridgehead atoms. The number of imide groups is 1. The van der Waals surface area contributed by atoms with Crippen LogP contribution in [0.2, 0.25) is 0 Å². The Kier molecular flexibility index (Phi) is 6.36. The third-order valence-electron chi connectivity index (χ3n) is 4.61. The van der Waals surface area contributed by atoms with Crippen LogP contribution >= 0.6 is 0 Å². The zero-order chi connectivity index (χ0) is 20.3. The fraction of sp³-hybridized carbons (Fsp3) is 0.500. The quantitative estimate of drug-likeness (QED) is 0.539. The first-order valence-corrected chi connectivity index (χ1v) is 9.04. The highest BCUT2D eigenvalue weighted by Crippen LogP contribution is 2.27. The zero-order valence-electron chi connectivity index (χ0n) is 16.4. The predicted molar refractivity (Wildman–Crippen MR) is 99.1 cm³/mol. The van der Waals surface area contributed by atoms with Crippen LogP contribution in [0.1, 0.15) is 54.8 Å². The number of carbonyl (C=O) groups is 4. The van der Waals surface area contributed by atoms with E-state index in [9.17, 15) is 19.2 Å². The predicted octanol–water partition coefficient (Wildman–Crippen LogP) is 2.11. The Labute approximate surface area is 159 Å². The molecule has 0 radical (unpaired) electrons. The van der Waals surface area contributed by atoms with Gasteiger partial charge in [0.25, 0.3) is 17.7 Å². The lowest BCUT2D eigenvalue weighted by Gasteiger charge is -2.26. The van der Waals surface area contributed by atoms with Gasteiger partial charge in [-0.3, -0.25) is 19.3 Å². The Morgan fingerprint density at radius 2 is 1.56 bits per heavy atom. The molecule has 1 aliphatic rings. The third kappa shape index (κ3) is 4.35. The summed E-state index contributed by atoms with van der Waals surface area (Å²) >= 11 is 0. The monoisotopic (exact) mass is 374 g/mol. The van der Waals surface area contributed by atoms with Crippen molar-refractivity contribution in [1.29, 1.82) is 0 Å². The average molecular weight is 374 g/mol. The first-order chi connectivity index (χ1) is 12.6. The van der Waals surface area contributed by atoms with E-state index in [4.69, 9.17) is 4.74 Å². The van der Waals surface area contributed by atoms with Crippen LogP contribution in [-0.4, -0.2) is 59.2 Å². The Hall–Kier alpha value is -2.70. The summed E-state index contributed by atoms with van der Waals surface area (Å²) in [4.78, 5) is 52.5. The van der Waals surface area contributed by atoms with Crippen molar-refractivity contribution in [3.63, 3.8) is 0 Å². The average Bonchev–Trinajstić information content (AvgIpc) is 2.87. The summed E-state index contributed by atoms with van der Waals surface area (Å²) in [5, 5.41) is 0. The molecule has 0 fully saturated rings. The van der Waals surface area contributed by atoms with Gasteiger partial charge in [0, 0.05) is 13.1 Å². The van der Waals surface area contributed by atoms with E-state index in [0.717, 1.165) is 4.90 Å². The molecule has 0 N–H and O–H groups in total. The number of benzene rings is 1. The van der Waals surface area contributed by atoms with Crippen LogP contribution < -0.4 is 0 Å². The second kappa shape index (κ2) is 8.33. The van der Waals surface area contributed by atoms with Crippen molar-refractivity contribution in [1.82, 2.24) is 9.80 Å². The van der Waals surface area contributed by atoms with Crippen LogP contribution in [0.4, 0.5) is 0 Å². The molecule has 1 atom stereocenters. The SMILES string of the molecule is CC(C)C[C@H](C(=O)OCC(=O)N(C)C(C)C)N1C(=O)c2ccccc2C1=O. The van der Waals surface area contributed by atoms with Crippen LogP contribution in [0, 0.1) is 5.92 Å². The molecule has 1 heterocycles. The van der Waals surface area contributed by atoms with E-state index in [2.05, 4.69) is 0 Å². The van der Waals surface area contributed by atoms with Gasteiger partial charge in [0.1, 0.15) is 6.04 Å². The van der Waals surface area contributed by atoms with E-state index in [1.54, 1.807) is 31.3 Å². The number of esters is 1. The van der Waals surface area contributed by atoms with Gasteiger partial charge < -0.3 is 9.64 Å². The molecule has 2 rings (SSSR count). The number of ether oxygens (including phenoxy) is 1. The Bertz CT molecular complexity index is 721. The van der Waals surface area contributed by atoms with Crippen molar-refractivity contribution in [2.24, 2.45) is 5.92 Å². The minimum Gasteiger partial charge on any atom is -0.454 e. The summed E-state index contributed by atoms with van der Waals surface area (Å²) in [5.74, 6) is -2.07. The Morgan fingerprint density at radius 1 is 1.04 bits per heavy atom. The minimum atomic E-state index is -1.06. The largest absolute Gasteiger partial charge is 0.454 e. The molecule has 0 aromatic heterocycles. The van der Waals surface area contributed by atoms with Gasteiger partial charge in [-0.1, -0.05) is 26.0 Å². The summed E-state index contributed by atoms with van der Waals surface area (Å²) in [6.45, 7) is 7.04. The lowest BCUT2D eigenvalue weighted by Crippen LogP contribution is -2.47. The molecule has 1 aliphatic heterocycles. The summed E-state index contributed by atoms with van der Waals surface area (Å²) in [5.41, 5.74) is 0.555. The molecule has 0 aliphatic carbocycles. The van der Waals surface area contributed by atoms with Crippen molar-refractivity contribution in [2.45, 2.75) is 46.2 Å². The van der Waals surface area contributed by atoms with Gasteiger partial charge in [-0.2, -0.15) is 0 Å². The van der Waals surface area contributed by atoms with E-state index in [1.165, 1.54) is 4.90 Å². The molecule has 1 aromatic rings. The van der Waals surface area contributed by atoms with Crippen molar-refractivity contribution in [2.75, 3.05) is 13.7 Å². The van der Waals surface area contributed by atoms with E-state index in [0.29, 0.717) is 0 Å². The molecule has 0 saturated heterocycles. The summed E-state index contributed by atoms with van der Waals surface area (Å²) in [7, 11) is 1.62. The number of likely N-dealkylation sites (N-methyl/N-ethyl adjacent to an activating group) is 1. The number of carbonyl (C=O) groups excluding carboxylic acids is 4. The molecule has 3 amide bonds. The van der Waals surface area contributed by atoms with Gasteiger partial charge in [0.2, 0.25) is 0 Å². The van der Waals surface area contributed by atoms with E-state index in [1.807, 2.05) is 27.7 Å². The molecule has 1 aromatic carbocycles. The summed E-state index contributed by atoms with van der Waals surface area (Å²) in [6.07, 6.45) is 0.262. The summed E-state index contributed by atoms with van der Waals surface area (Å²) < 4.78 is 5.17. The standard InChI is InChI=1S/C20H26N2O5/c1-12(2)10-16(20(26)27-11-17(23)21(5)13(3)4)22-18(24)14-8-6-7-9-15(14)19(22)25/h6-9,12-13,16H,10-11H2,1-5H3/t16-/m1/s1. The van der Waals surface area contributed by atoms with E-state index >= 15 is 0 Å². The molecule has 7 nitrogen and oxygen atoms in total. The van der Waals surface area contributed by atoms with Crippen molar-refractivity contribution < 1.29 is 23.9 Å². The van der Waals surface area contributed by atoms with Gasteiger partial charge in [0.05, 0.1) is 11.1 Å². The topological polar surface area (TPSA) is 84.0 Å². The number of hydrogen-bond acceptors (Lipinski definition) is 5. The van der Waals surface area contributed by atoms with Crippen molar-refractivity contribution >= 4 is 23.7 Å². The Morgan fingerprint density at radius 3 is 2.00 bits per heavy atom. The highest BCUT2D eigenvalue weighted by Gasteiger charge is 2.43.